The summed E-state index contributed by atoms with van der Waals surface area (Å²) in [6.45, 7) is 2.50. The molecule has 1 spiro atoms. The molecule has 3 heterocycles. The van der Waals surface area contributed by atoms with E-state index in [4.69, 9.17) is 0 Å². The molecule has 1 atom stereocenters. The number of nitrogens with one attached hydrogen (secondary N) is 1. The number of carbonyl (C=O) groups is 2. The van der Waals surface area contributed by atoms with Crippen molar-refractivity contribution in [2.45, 2.75) is 18.8 Å². The number of carbonyl (C=O) groups excluding carboxylic acids is 2. The summed E-state index contributed by atoms with van der Waals surface area (Å²) in [5.74, 6) is 0.301. The molecule has 0 bridgehead atoms. The standard InChI is InChI=1S/C21H17BrN4O2/c1-2-25-17-6-4-3-5-15(17)21(20(25)28)11-18(27)24-19-16(21)12-23-26(19)14-9-7-13(22)8-10-14/h3-10,12H,2,11H2,1H3,(H,24,27). The number of likely N-dealkylation sites (N-methyl/N-ethyl adjacent to an activating group) is 1. The van der Waals surface area contributed by atoms with Gasteiger partial charge in [-0.3, -0.25) is 9.59 Å². The van der Waals surface area contributed by atoms with E-state index in [1.165, 1.54) is 0 Å². The first kappa shape index (κ1) is 17.2. The third-order valence-corrected chi connectivity index (χ3v) is 6.09. The second-order valence-corrected chi connectivity index (χ2v) is 7.91. The van der Waals surface area contributed by atoms with Gasteiger partial charge in [0, 0.05) is 28.7 Å². The van der Waals surface area contributed by atoms with Crippen LogP contribution in [0.4, 0.5) is 11.5 Å². The Balaban J connectivity index is 1.76. The Hall–Kier alpha value is -2.93. The molecule has 0 radical (unpaired) electrons. The van der Waals surface area contributed by atoms with Gasteiger partial charge in [0.25, 0.3) is 0 Å². The highest BCUT2D eigenvalue weighted by atomic mass is 79.9. The number of benzene rings is 2. The summed E-state index contributed by atoms with van der Waals surface area (Å²) in [6.07, 6.45) is 1.79. The van der Waals surface area contributed by atoms with Crippen molar-refractivity contribution in [1.82, 2.24) is 9.78 Å². The van der Waals surface area contributed by atoms with Crippen LogP contribution in [0.25, 0.3) is 5.69 Å². The molecule has 0 fully saturated rings. The summed E-state index contributed by atoms with van der Waals surface area (Å²) in [5, 5.41) is 7.46. The average molecular weight is 437 g/mol. The largest absolute Gasteiger partial charge is 0.311 e. The highest BCUT2D eigenvalue weighted by molar-refractivity contribution is 9.10. The Morgan fingerprint density at radius 3 is 2.61 bits per heavy atom. The Morgan fingerprint density at radius 2 is 1.86 bits per heavy atom. The molecule has 2 aliphatic rings. The fraction of sp³-hybridized carbons (Fsp3) is 0.190. The number of amides is 2. The van der Waals surface area contributed by atoms with Crippen molar-refractivity contribution in [2.75, 3.05) is 16.8 Å². The van der Waals surface area contributed by atoms with Crippen LogP contribution in [0.2, 0.25) is 0 Å². The van der Waals surface area contributed by atoms with Crippen molar-refractivity contribution in [3.63, 3.8) is 0 Å². The number of para-hydroxylation sites is 1. The Bertz CT molecular complexity index is 1120. The topological polar surface area (TPSA) is 67.2 Å². The lowest BCUT2D eigenvalue weighted by atomic mass is 9.72. The van der Waals surface area contributed by atoms with E-state index in [2.05, 4.69) is 26.3 Å². The van der Waals surface area contributed by atoms with E-state index in [0.717, 1.165) is 27.0 Å². The molecule has 5 rings (SSSR count). The van der Waals surface area contributed by atoms with E-state index >= 15 is 0 Å². The van der Waals surface area contributed by atoms with Crippen LogP contribution in [-0.4, -0.2) is 28.1 Å². The Kier molecular flexibility index (Phi) is 3.71. The third kappa shape index (κ3) is 2.16. The van der Waals surface area contributed by atoms with Gasteiger partial charge in [-0.25, -0.2) is 4.68 Å². The van der Waals surface area contributed by atoms with Crippen LogP contribution in [0.15, 0.2) is 59.2 Å². The van der Waals surface area contributed by atoms with E-state index in [1.54, 1.807) is 15.8 Å². The fourth-order valence-electron chi connectivity index (χ4n) is 4.34. The smallest absolute Gasteiger partial charge is 0.242 e. The van der Waals surface area contributed by atoms with Crippen molar-refractivity contribution >= 4 is 39.2 Å². The molecule has 6 nitrogen and oxygen atoms in total. The maximum absolute atomic E-state index is 13.6. The highest BCUT2D eigenvalue weighted by Gasteiger charge is 2.56. The van der Waals surface area contributed by atoms with E-state index in [9.17, 15) is 9.59 Å². The Labute approximate surface area is 170 Å². The van der Waals surface area contributed by atoms with Crippen molar-refractivity contribution in [3.8, 4) is 5.69 Å². The molecule has 2 aromatic carbocycles. The third-order valence-electron chi connectivity index (χ3n) is 5.56. The quantitative estimate of drug-likeness (QED) is 0.666. The van der Waals surface area contributed by atoms with Crippen LogP contribution in [-0.2, 0) is 15.0 Å². The number of aromatic nitrogens is 2. The molecule has 1 aromatic heterocycles. The van der Waals surface area contributed by atoms with Gasteiger partial charge in [0.2, 0.25) is 11.8 Å². The zero-order valence-corrected chi connectivity index (χ0v) is 16.7. The number of hydrogen-bond donors (Lipinski definition) is 1. The fourth-order valence-corrected chi connectivity index (χ4v) is 4.61. The number of anilines is 2. The maximum Gasteiger partial charge on any atom is 0.242 e. The SMILES string of the molecule is CCN1C(=O)C2(CC(=O)Nc3c2cnn3-c2ccc(Br)cc2)c2ccccc21. The van der Waals surface area contributed by atoms with Crippen molar-refractivity contribution < 1.29 is 9.59 Å². The van der Waals surface area contributed by atoms with Gasteiger partial charge in [0.1, 0.15) is 11.2 Å². The summed E-state index contributed by atoms with van der Waals surface area (Å²) in [6, 6.07) is 15.4. The van der Waals surface area contributed by atoms with Crippen molar-refractivity contribution in [2.24, 2.45) is 0 Å². The monoisotopic (exact) mass is 436 g/mol. The zero-order valence-electron chi connectivity index (χ0n) is 15.1. The normalized spacial score (nSPS) is 20.3. The predicted molar refractivity (Wildman–Crippen MR) is 110 cm³/mol. The second kappa shape index (κ2) is 6.04. The van der Waals surface area contributed by atoms with Crippen LogP contribution < -0.4 is 10.2 Å². The predicted octanol–water partition coefficient (Wildman–Crippen LogP) is 3.63. The lowest BCUT2D eigenvalue weighted by molar-refractivity contribution is -0.126. The van der Waals surface area contributed by atoms with Gasteiger partial charge in [-0.05, 0) is 42.8 Å². The van der Waals surface area contributed by atoms with Crippen LogP contribution in [0, 0.1) is 0 Å². The Morgan fingerprint density at radius 1 is 1.11 bits per heavy atom. The maximum atomic E-state index is 13.6. The molecule has 0 saturated carbocycles. The molecule has 0 aliphatic carbocycles. The number of rotatable bonds is 2. The summed E-state index contributed by atoms with van der Waals surface area (Å²) in [4.78, 5) is 28.1. The minimum Gasteiger partial charge on any atom is -0.311 e. The number of hydrogen-bond acceptors (Lipinski definition) is 3. The molecule has 28 heavy (non-hydrogen) atoms. The molecular weight excluding hydrogens is 420 g/mol. The molecule has 3 aromatic rings. The summed E-state index contributed by atoms with van der Waals surface area (Å²) in [7, 11) is 0. The van der Waals surface area contributed by atoms with Crippen LogP contribution >= 0.6 is 15.9 Å². The minimum atomic E-state index is -1.03. The van der Waals surface area contributed by atoms with Crippen LogP contribution in [0.1, 0.15) is 24.5 Å². The van der Waals surface area contributed by atoms with Crippen molar-refractivity contribution in [1.29, 1.82) is 0 Å². The second-order valence-electron chi connectivity index (χ2n) is 6.99. The van der Waals surface area contributed by atoms with Gasteiger partial charge in [0.05, 0.1) is 11.9 Å². The van der Waals surface area contributed by atoms with Crippen LogP contribution in [0.5, 0.6) is 0 Å². The number of halogens is 1. The minimum absolute atomic E-state index is 0.0670. The van der Waals surface area contributed by atoms with E-state index in [0.29, 0.717) is 12.4 Å². The first-order chi connectivity index (χ1) is 13.6. The molecule has 2 amide bonds. The lowest BCUT2D eigenvalue weighted by Gasteiger charge is -2.32. The van der Waals surface area contributed by atoms with Crippen molar-refractivity contribution in [3.05, 3.63) is 70.3 Å². The van der Waals surface area contributed by atoms with E-state index in [-0.39, 0.29) is 18.2 Å². The average Bonchev–Trinajstić information content (AvgIpc) is 3.21. The molecule has 2 aliphatic heterocycles. The van der Waals surface area contributed by atoms with Gasteiger partial charge >= 0.3 is 0 Å². The lowest BCUT2D eigenvalue weighted by Crippen LogP contribution is -2.46. The summed E-state index contributed by atoms with van der Waals surface area (Å²) in [5.41, 5.74) is 2.26. The number of fused-ring (bicyclic) bond motifs is 4. The van der Waals surface area contributed by atoms with Gasteiger partial charge in [-0.2, -0.15) is 5.10 Å². The van der Waals surface area contributed by atoms with Crippen LogP contribution in [0.3, 0.4) is 0 Å². The molecule has 1 unspecified atom stereocenters. The molecular formula is C21H17BrN4O2. The first-order valence-corrected chi connectivity index (χ1v) is 9.91. The van der Waals surface area contributed by atoms with Gasteiger partial charge in [-0.15, -0.1) is 0 Å². The zero-order chi connectivity index (χ0) is 19.5. The molecule has 7 heteroatoms. The summed E-state index contributed by atoms with van der Waals surface area (Å²) < 4.78 is 2.64. The van der Waals surface area contributed by atoms with Gasteiger partial charge in [0.15, 0.2) is 0 Å². The molecule has 0 saturated heterocycles. The van der Waals surface area contributed by atoms with E-state index in [1.807, 2.05) is 55.5 Å². The van der Waals surface area contributed by atoms with E-state index < -0.39 is 5.41 Å². The molecule has 1 N–H and O–H groups in total. The highest BCUT2D eigenvalue weighted by Crippen LogP contribution is 2.52. The summed E-state index contributed by atoms with van der Waals surface area (Å²) >= 11 is 3.43. The van der Waals surface area contributed by atoms with Gasteiger partial charge < -0.3 is 10.2 Å². The number of nitrogens with zero attached hydrogens (tertiary/aromatic N) is 3. The van der Waals surface area contributed by atoms with Gasteiger partial charge in [-0.1, -0.05) is 34.1 Å². The first-order valence-electron chi connectivity index (χ1n) is 9.12. The molecule has 140 valence electrons.